The zero-order valence-electron chi connectivity index (χ0n) is 9.89. The highest BCUT2D eigenvalue weighted by Gasteiger charge is 2.23. The van der Waals surface area contributed by atoms with E-state index in [1.54, 1.807) is 0 Å². The highest BCUT2D eigenvalue weighted by molar-refractivity contribution is 6.30. The molecule has 1 aromatic rings. The number of nitrogens with one attached hydrogen (secondary N) is 2. The fourth-order valence-corrected chi connectivity index (χ4v) is 1.46. The summed E-state index contributed by atoms with van der Waals surface area (Å²) < 4.78 is 13.3. The molecule has 9 heteroatoms. The quantitative estimate of drug-likeness (QED) is 0.658. The molecule has 2 amide bonds. The van der Waals surface area contributed by atoms with Gasteiger partial charge in [-0.2, -0.15) is 0 Å². The lowest BCUT2D eigenvalue weighted by molar-refractivity contribution is -0.145. The third-order valence-electron chi connectivity index (χ3n) is 2.16. The maximum absolute atomic E-state index is 13.3. The largest absolute Gasteiger partial charge is 0.481 e. The Bertz CT molecular complexity index is 552. The lowest BCUT2D eigenvalue weighted by atomic mass is 10.2. The van der Waals surface area contributed by atoms with Crippen LogP contribution in [0.5, 0.6) is 0 Å². The van der Waals surface area contributed by atoms with Gasteiger partial charge in [-0.05, 0) is 18.2 Å². The molecule has 0 aromatic heterocycles. The zero-order valence-corrected chi connectivity index (χ0v) is 10.6. The van der Waals surface area contributed by atoms with E-state index in [2.05, 4.69) is 0 Å². The number of carbonyl (C=O) groups is 3. The first-order valence-corrected chi connectivity index (χ1v) is 5.64. The van der Waals surface area contributed by atoms with Gasteiger partial charge in [0.15, 0.2) is 0 Å². The molecule has 1 aromatic carbocycles. The molecule has 1 rings (SSSR count). The number of hydrogen-bond donors (Lipinski definition) is 4. The molecule has 0 unspecified atom stereocenters. The second-order valence-corrected chi connectivity index (χ2v) is 4.15. The minimum atomic E-state index is -1.63. The van der Waals surface area contributed by atoms with Gasteiger partial charge >= 0.3 is 18.0 Å². The van der Waals surface area contributed by atoms with E-state index in [9.17, 15) is 18.8 Å². The van der Waals surface area contributed by atoms with Crippen molar-refractivity contribution < 1.29 is 29.0 Å². The van der Waals surface area contributed by atoms with Crippen molar-refractivity contribution in [2.45, 2.75) is 12.5 Å². The molecule has 0 spiro atoms. The van der Waals surface area contributed by atoms with E-state index in [-0.39, 0.29) is 10.7 Å². The number of rotatable bonds is 5. The molecule has 0 heterocycles. The molecular weight excluding hydrogens is 295 g/mol. The summed E-state index contributed by atoms with van der Waals surface area (Å²) in [6, 6.07) is 0.729. The summed E-state index contributed by atoms with van der Waals surface area (Å²) in [5.41, 5.74) is -0.255. The number of anilines is 1. The number of carboxylic acid groups (broad SMARTS) is 2. The highest BCUT2D eigenvalue weighted by atomic mass is 35.5. The van der Waals surface area contributed by atoms with Crippen molar-refractivity contribution in [3.63, 3.8) is 0 Å². The van der Waals surface area contributed by atoms with Gasteiger partial charge in [0.05, 0.1) is 12.1 Å². The van der Waals surface area contributed by atoms with Crippen molar-refractivity contribution in [1.82, 2.24) is 5.32 Å². The van der Waals surface area contributed by atoms with Crippen LogP contribution in [0.1, 0.15) is 6.42 Å². The minimum Gasteiger partial charge on any atom is -0.481 e. The molecule has 0 aliphatic carbocycles. The molecule has 7 nitrogen and oxygen atoms in total. The number of urea groups is 1. The number of benzene rings is 1. The van der Waals surface area contributed by atoms with Crippen molar-refractivity contribution in [3.05, 3.63) is 29.0 Å². The van der Waals surface area contributed by atoms with Gasteiger partial charge in [0, 0.05) is 5.02 Å². The van der Waals surface area contributed by atoms with Crippen LogP contribution in [0.3, 0.4) is 0 Å². The molecule has 4 N–H and O–H groups in total. The first kappa shape index (κ1) is 15.7. The summed E-state index contributed by atoms with van der Waals surface area (Å²) in [5.74, 6) is -3.68. The van der Waals surface area contributed by atoms with Crippen LogP contribution in [0, 0.1) is 5.82 Å². The van der Waals surface area contributed by atoms with E-state index < -0.39 is 36.2 Å². The summed E-state index contributed by atoms with van der Waals surface area (Å²) in [5, 5.41) is 21.4. The standard InChI is InChI=1S/C11H10ClFN2O5/c12-5-1-2-6(13)7(3-5)14-11(20)15-8(10(18)19)4-9(16)17/h1-3,8H,4H2,(H,16,17)(H,18,19)(H2,14,15,20)/t8-/m0/s1. The molecule has 0 fully saturated rings. The van der Waals surface area contributed by atoms with Crippen LogP contribution in [-0.4, -0.2) is 34.2 Å². The first-order chi connectivity index (χ1) is 9.29. The predicted molar refractivity (Wildman–Crippen MR) is 67.2 cm³/mol. The predicted octanol–water partition coefficient (Wildman–Crippen LogP) is 1.53. The molecule has 0 aliphatic heterocycles. The zero-order chi connectivity index (χ0) is 15.3. The SMILES string of the molecule is O=C(O)C[C@H](NC(=O)Nc1cc(Cl)ccc1F)C(=O)O. The third kappa shape index (κ3) is 4.73. The monoisotopic (exact) mass is 304 g/mol. The molecule has 0 saturated carbocycles. The number of hydrogen-bond acceptors (Lipinski definition) is 3. The summed E-state index contributed by atoms with van der Waals surface area (Å²) >= 11 is 5.62. The molecule has 1 atom stereocenters. The number of carbonyl (C=O) groups excluding carboxylic acids is 1. The number of halogens is 2. The van der Waals surface area contributed by atoms with Gasteiger partial charge in [-0.25, -0.2) is 14.0 Å². The maximum Gasteiger partial charge on any atom is 0.326 e. The Balaban J connectivity index is 2.72. The fraction of sp³-hybridized carbons (Fsp3) is 0.182. The van der Waals surface area contributed by atoms with E-state index in [1.807, 2.05) is 10.6 Å². The van der Waals surface area contributed by atoms with Crippen LogP contribution < -0.4 is 10.6 Å². The Morgan fingerprint density at radius 2 is 1.95 bits per heavy atom. The van der Waals surface area contributed by atoms with Gasteiger partial charge in [0.2, 0.25) is 0 Å². The molecule has 0 saturated heterocycles. The molecule has 108 valence electrons. The third-order valence-corrected chi connectivity index (χ3v) is 2.39. The lowest BCUT2D eigenvalue weighted by Gasteiger charge is -2.13. The van der Waals surface area contributed by atoms with Gasteiger partial charge in [-0.15, -0.1) is 0 Å². The van der Waals surface area contributed by atoms with Crippen molar-refractivity contribution in [2.75, 3.05) is 5.32 Å². The Morgan fingerprint density at radius 3 is 2.50 bits per heavy atom. The van der Waals surface area contributed by atoms with Crippen LogP contribution in [0.2, 0.25) is 5.02 Å². The first-order valence-electron chi connectivity index (χ1n) is 5.26. The van der Waals surface area contributed by atoms with Gasteiger partial charge in [0.25, 0.3) is 0 Å². The number of aliphatic carboxylic acids is 2. The Morgan fingerprint density at radius 1 is 1.30 bits per heavy atom. The average Bonchev–Trinajstić information content (AvgIpc) is 2.32. The maximum atomic E-state index is 13.3. The lowest BCUT2D eigenvalue weighted by Crippen LogP contribution is -2.44. The van der Waals surface area contributed by atoms with Crippen molar-refractivity contribution in [1.29, 1.82) is 0 Å². The van der Waals surface area contributed by atoms with Crippen LogP contribution >= 0.6 is 11.6 Å². The Labute approximate surface area is 117 Å². The van der Waals surface area contributed by atoms with Gasteiger partial charge < -0.3 is 20.8 Å². The Kier molecular flexibility index (Phi) is 5.27. The topological polar surface area (TPSA) is 116 Å². The van der Waals surface area contributed by atoms with Crippen LogP contribution in [0.15, 0.2) is 18.2 Å². The molecule has 0 bridgehead atoms. The molecule has 20 heavy (non-hydrogen) atoms. The normalized spacial score (nSPS) is 11.5. The number of amides is 2. The van der Waals surface area contributed by atoms with E-state index in [0.717, 1.165) is 12.1 Å². The summed E-state index contributed by atoms with van der Waals surface area (Å²) in [6.07, 6.45) is -0.805. The molecule has 0 radical (unpaired) electrons. The van der Waals surface area contributed by atoms with E-state index in [1.165, 1.54) is 6.07 Å². The van der Waals surface area contributed by atoms with Crippen LogP contribution in [0.4, 0.5) is 14.9 Å². The van der Waals surface area contributed by atoms with Crippen molar-refractivity contribution in [2.24, 2.45) is 0 Å². The second kappa shape index (κ2) is 6.71. The van der Waals surface area contributed by atoms with E-state index >= 15 is 0 Å². The molecule has 0 aliphatic rings. The van der Waals surface area contributed by atoms with Crippen molar-refractivity contribution >= 4 is 35.3 Å². The molecular formula is C11H10ClFN2O5. The minimum absolute atomic E-state index is 0.169. The highest BCUT2D eigenvalue weighted by Crippen LogP contribution is 2.19. The van der Waals surface area contributed by atoms with Crippen molar-refractivity contribution in [3.8, 4) is 0 Å². The fourth-order valence-electron chi connectivity index (χ4n) is 1.28. The van der Waals surface area contributed by atoms with E-state index in [4.69, 9.17) is 21.8 Å². The Hall–Kier alpha value is -2.35. The van der Waals surface area contributed by atoms with E-state index in [0.29, 0.717) is 0 Å². The van der Waals surface area contributed by atoms with Gasteiger partial charge in [-0.3, -0.25) is 4.79 Å². The average molecular weight is 305 g/mol. The number of carboxylic acids is 2. The van der Waals surface area contributed by atoms with Crippen LogP contribution in [0.25, 0.3) is 0 Å². The summed E-state index contributed by atoms with van der Waals surface area (Å²) in [6.45, 7) is 0. The van der Waals surface area contributed by atoms with Gasteiger partial charge in [0.1, 0.15) is 11.9 Å². The smallest absolute Gasteiger partial charge is 0.326 e. The van der Waals surface area contributed by atoms with Gasteiger partial charge in [-0.1, -0.05) is 11.6 Å². The summed E-state index contributed by atoms with van der Waals surface area (Å²) in [7, 11) is 0. The summed E-state index contributed by atoms with van der Waals surface area (Å²) in [4.78, 5) is 32.7. The second-order valence-electron chi connectivity index (χ2n) is 3.71. The van der Waals surface area contributed by atoms with Crippen LogP contribution in [-0.2, 0) is 9.59 Å².